The van der Waals surface area contributed by atoms with Gasteiger partial charge in [-0.25, -0.2) is 4.98 Å². The van der Waals surface area contributed by atoms with Gasteiger partial charge in [-0.1, -0.05) is 30.3 Å². The minimum Gasteiger partial charge on any atom is -0.323 e. The van der Waals surface area contributed by atoms with Crippen LogP contribution in [0.25, 0.3) is 10.6 Å². The fourth-order valence-corrected chi connectivity index (χ4v) is 2.09. The van der Waals surface area contributed by atoms with Crippen LogP contribution in [0.5, 0.6) is 0 Å². The van der Waals surface area contributed by atoms with Gasteiger partial charge in [-0.05, 0) is 6.92 Å². The minimum absolute atomic E-state index is 0. The number of nitrogens with two attached hydrogens (primary N) is 1. The van der Waals surface area contributed by atoms with E-state index in [2.05, 4.69) is 17.1 Å². The zero-order valence-electron chi connectivity index (χ0n) is 8.38. The Hall–Kier alpha value is -0.900. The normalized spacial score (nSPS) is 11.9. The van der Waals surface area contributed by atoms with Gasteiger partial charge in [0, 0.05) is 22.7 Å². The van der Waals surface area contributed by atoms with Gasteiger partial charge in [-0.15, -0.1) is 23.7 Å². The van der Waals surface area contributed by atoms with Gasteiger partial charge in [0.1, 0.15) is 5.01 Å². The molecule has 0 aliphatic carbocycles. The van der Waals surface area contributed by atoms with Gasteiger partial charge in [0.05, 0.1) is 0 Å². The second-order valence-corrected chi connectivity index (χ2v) is 4.28. The lowest BCUT2D eigenvalue weighted by atomic mass is 10.2. The van der Waals surface area contributed by atoms with Crippen molar-refractivity contribution in [2.75, 3.05) is 0 Å². The zero-order valence-corrected chi connectivity index (χ0v) is 10.0. The first kappa shape index (κ1) is 12.2. The molecule has 2 nitrogen and oxygen atoms in total. The lowest BCUT2D eigenvalue weighted by molar-refractivity contribution is 0.835. The molecule has 0 radical (unpaired) electrons. The predicted octanol–water partition coefficient (Wildman–Crippen LogP) is 3.25. The van der Waals surface area contributed by atoms with Crippen LogP contribution in [0, 0.1) is 0 Å². The van der Waals surface area contributed by atoms with Crippen LogP contribution in [0.2, 0.25) is 0 Å². The van der Waals surface area contributed by atoms with E-state index in [9.17, 15) is 0 Å². The highest BCUT2D eigenvalue weighted by Crippen LogP contribution is 2.27. The monoisotopic (exact) mass is 240 g/mol. The van der Waals surface area contributed by atoms with Gasteiger partial charge >= 0.3 is 0 Å². The summed E-state index contributed by atoms with van der Waals surface area (Å²) >= 11 is 1.66. The summed E-state index contributed by atoms with van der Waals surface area (Å²) in [7, 11) is 0. The Balaban J connectivity index is 0.00000112. The summed E-state index contributed by atoms with van der Waals surface area (Å²) in [4.78, 5) is 5.47. The number of rotatable bonds is 2. The third kappa shape index (κ3) is 2.78. The van der Waals surface area contributed by atoms with Crippen molar-refractivity contribution < 1.29 is 0 Å². The lowest BCUT2D eigenvalue weighted by Crippen LogP contribution is -2.01. The van der Waals surface area contributed by atoms with E-state index in [1.165, 1.54) is 0 Å². The highest BCUT2D eigenvalue weighted by Gasteiger charge is 2.06. The third-order valence-electron chi connectivity index (χ3n) is 1.99. The van der Waals surface area contributed by atoms with E-state index in [1.54, 1.807) is 11.3 Å². The predicted molar refractivity (Wildman–Crippen MR) is 67.4 cm³/mol. The number of nitrogens with zero attached hydrogens (tertiary/aromatic N) is 1. The number of hydrogen-bond donors (Lipinski definition) is 1. The summed E-state index contributed by atoms with van der Waals surface area (Å²) in [6.07, 6.45) is 1.86. The van der Waals surface area contributed by atoms with Crippen molar-refractivity contribution in [2.45, 2.75) is 13.0 Å². The Morgan fingerprint density at radius 1 is 1.27 bits per heavy atom. The third-order valence-corrected chi connectivity index (χ3v) is 3.24. The summed E-state index contributed by atoms with van der Waals surface area (Å²) in [5.74, 6) is 0. The molecule has 80 valence electrons. The molecule has 0 fully saturated rings. The molecule has 0 saturated heterocycles. The molecular weight excluding hydrogens is 228 g/mol. The first-order valence-electron chi connectivity index (χ1n) is 4.54. The SMILES string of the molecule is CC(N)c1cnc(-c2ccccc2)s1.Cl. The van der Waals surface area contributed by atoms with E-state index in [1.807, 2.05) is 31.3 Å². The minimum atomic E-state index is 0. The first-order valence-corrected chi connectivity index (χ1v) is 5.36. The fourth-order valence-electron chi connectivity index (χ4n) is 1.21. The van der Waals surface area contributed by atoms with Gasteiger partial charge in [-0.2, -0.15) is 0 Å². The van der Waals surface area contributed by atoms with Crippen LogP contribution in [0.15, 0.2) is 36.5 Å². The Morgan fingerprint density at radius 2 is 1.93 bits per heavy atom. The standard InChI is InChI=1S/C11H12N2S.ClH/c1-8(12)10-7-13-11(14-10)9-5-3-2-4-6-9;/h2-8H,12H2,1H3;1H. The Bertz CT molecular complexity index is 412. The van der Waals surface area contributed by atoms with E-state index in [0.717, 1.165) is 15.4 Å². The Morgan fingerprint density at radius 3 is 2.47 bits per heavy atom. The van der Waals surface area contributed by atoms with E-state index in [-0.39, 0.29) is 18.4 Å². The van der Waals surface area contributed by atoms with E-state index >= 15 is 0 Å². The van der Waals surface area contributed by atoms with Crippen molar-refractivity contribution in [3.63, 3.8) is 0 Å². The summed E-state index contributed by atoms with van der Waals surface area (Å²) in [6, 6.07) is 10.2. The summed E-state index contributed by atoms with van der Waals surface area (Å²) in [5, 5.41) is 1.04. The Kier molecular flexibility index (Phi) is 4.27. The zero-order chi connectivity index (χ0) is 9.97. The molecule has 1 unspecified atom stereocenters. The van der Waals surface area contributed by atoms with E-state index in [0.29, 0.717) is 0 Å². The van der Waals surface area contributed by atoms with Gasteiger partial charge in [-0.3, -0.25) is 0 Å². The number of halogens is 1. The van der Waals surface area contributed by atoms with Crippen LogP contribution >= 0.6 is 23.7 Å². The fraction of sp³-hybridized carbons (Fsp3) is 0.182. The van der Waals surface area contributed by atoms with Crippen molar-refractivity contribution in [1.82, 2.24) is 4.98 Å². The number of aromatic nitrogens is 1. The number of hydrogen-bond acceptors (Lipinski definition) is 3. The molecule has 0 aliphatic heterocycles. The van der Waals surface area contributed by atoms with E-state index in [4.69, 9.17) is 5.73 Å². The highest BCUT2D eigenvalue weighted by atomic mass is 35.5. The van der Waals surface area contributed by atoms with Crippen LogP contribution < -0.4 is 5.73 Å². The largest absolute Gasteiger partial charge is 0.323 e. The smallest absolute Gasteiger partial charge is 0.123 e. The van der Waals surface area contributed by atoms with Gasteiger partial charge in [0.15, 0.2) is 0 Å². The average molecular weight is 241 g/mol. The maximum Gasteiger partial charge on any atom is 0.123 e. The maximum absolute atomic E-state index is 5.78. The molecule has 0 amide bonds. The second-order valence-electron chi connectivity index (χ2n) is 3.22. The molecule has 0 bridgehead atoms. The molecule has 0 aliphatic rings. The average Bonchev–Trinajstić information content (AvgIpc) is 2.68. The molecule has 1 aromatic heterocycles. The van der Waals surface area contributed by atoms with Crippen LogP contribution in [0.3, 0.4) is 0 Å². The van der Waals surface area contributed by atoms with E-state index < -0.39 is 0 Å². The van der Waals surface area contributed by atoms with Crippen molar-refractivity contribution in [3.8, 4) is 10.6 Å². The van der Waals surface area contributed by atoms with Gasteiger partial charge < -0.3 is 5.73 Å². The Labute approximate surface area is 99.6 Å². The molecule has 15 heavy (non-hydrogen) atoms. The van der Waals surface area contributed by atoms with Crippen LogP contribution in [0.4, 0.5) is 0 Å². The second kappa shape index (κ2) is 5.26. The lowest BCUT2D eigenvalue weighted by Gasteiger charge is -1.97. The summed E-state index contributed by atoms with van der Waals surface area (Å²) in [6.45, 7) is 1.97. The maximum atomic E-state index is 5.78. The number of thiazole rings is 1. The first-order chi connectivity index (χ1) is 6.77. The molecule has 1 aromatic carbocycles. The van der Waals surface area contributed by atoms with Crippen LogP contribution in [-0.4, -0.2) is 4.98 Å². The van der Waals surface area contributed by atoms with Gasteiger partial charge in [0.2, 0.25) is 0 Å². The molecule has 2 N–H and O–H groups in total. The molecule has 4 heteroatoms. The molecule has 0 spiro atoms. The van der Waals surface area contributed by atoms with Crippen molar-refractivity contribution >= 4 is 23.7 Å². The van der Waals surface area contributed by atoms with Crippen molar-refractivity contribution in [3.05, 3.63) is 41.4 Å². The molecule has 2 rings (SSSR count). The topological polar surface area (TPSA) is 38.9 Å². The molecular formula is C11H13ClN2S. The number of benzene rings is 1. The van der Waals surface area contributed by atoms with Gasteiger partial charge in [0.25, 0.3) is 0 Å². The quantitative estimate of drug-likeness (QED) is 0.875. The molecule has 2 aromatic rings. The molecule has 0 saturated carbocycles. The highest BCUT2D eigenvalue weighted by molar-refractivity contribution is 7.15. The molecule has 1 heterocycles. The molecule has 1 atom stereocenters. The summed E-state index contributed by atoms with van der Waals surface area (Å²) in [5.41, 5.74) is 6.93. The van der Waals surface area contributed by atoms with Crippen LogP contribution in [-0.2, 0) is 0 Å². The van der Waals surface area contributed by atoms with Crippen molar-refractivity contribution in [2.24, 2.45) is 5.73 Å². The van der Waals surface area contributed by atoms with Crippen LogP contribution in [0.1, 0.15) is 17.8 Å². The van der Waals surface area contributed by atoms with Crippen molar-refractivity contribution in [1.29, 1.82) is 0 Å². The summed E-state index contributed by atoms with van der Waals surface area (Å²) < 4.78 is 0.